The quantitative estimate of drug-likeness (QED) is 0.748. The molecular weight excluding hydrogens is 327 g/mol. The molecule has 2 saturated carbocycles. The Balaban J connectivity index is 1.74. The van der Waals surface area contributed by atoms with Gasteiger partial charge in [-0.05, 0) is 25.7 Å². The van der Waals surface area contributed by atoms with Crippen LogP contribution in [0.15, 0.2) is 25.3 Å². The second-order valence-electron chi connectivity index (χ2n) is 6.03. The minimum atomic E-state index is -0.605. The molecule has 22 heavy (non-hydrogen) atoms. The third kappa shape index (κ3) is 2.23. The number of hydrogen-bond acceptors (Lipinski definition) is 5. The molecule has 9 heteroatoms. The van der Waals surface area contributed by atoms with Gasteiger partial charge in [0.1, 0.15) is 37.4 Å². The fourth-order valence-corrected chi connectivity index (χ4v) is 3.49. The maximum absolute atomic E-state index is 13.3. The number of rotatable bonds is 6. The number of Topliss-reactive ketones (excluding diaryl/α,β-unsaturated/α-hetero) is 1. The van der Waals surface area contributed by atoms with E-state index in [1.165, 1.54) is 34.7 Å². The van der Waals surface area contributed by atoms with Gasteiger partial charge in [-0.2, -0.15) is 10.2 Å². The molecule has 2 atom stereocenters. The van der Waals surface area contributed by atoms with E-state index in [4.69, 9.17) is 23.2 Å². The normalized spacial score (nSPS) is 23.7. The molecule has 2 unspecified atom stereocenters. The first kappa shape index (κ1) is 14.1. The van der Waals surface area contributed by atoms with E-state index in [2.05, 4.69) is 20.2 Å². The molecule has 0 radical (unpaired) electrons. The molecule has 0 aliphatic heterocycles. The van der Waals surface area contributed by atoms with Crippen LogP contribution in [-0.4, -0.2) is 45.1 Å². The first-order valence-corrected chi connectivity index (χ1v) is 7.89. The predicted molar refractivity (Wildman–Crippen MR) is 78.8 cm³/mol. The van der Waals surface area contributed by atoms with Gasteiger partial charge >= 0.3 is 0 Å². The highest BCUT2D eigenvalue weighted by Crippen LogP contribution is 2.57. The van der Waals surface area contributed by atoms with E-state index in [1.54, 1.807) is 0 Å². The summed E-state index contributed by atoms with van der Waals surface area (Å²) in [5, 5.41) is 8.24. The number of carbonyl (C=O) groups is 1. The van der Waals surface area contributed by atoms with Gasteiger partial charge in [-0.1, -0.05) is 0 Å². The van der Waals surface area contributed by atoms with Crippen LogP contribution >= 0.6 is 23.2 Å². The van der Waals surface area contributed by atoms with E-state index in [0.717, 1.165) is 25.7 Å². The summed E-state index contributed by atoms with van der Waals surface area (Å²) in [5.41, 5.74) is 0. The van der Waals surface area contributed by atoms with Crippen molar-refractivity contribution >= 4 is 29.0 Å². The average Bonchev–Trinajstić information content (AvgIpc) is 3.21. The van der Waals surface area contributed by atoms with Crippen molar-refractivity contribution in [3.8, 4) is 0 Å². The van der Waals surface area contributed by atoms with Gasteiger partial charge in [0.05, 0.1) is 9.75 Å². The molecule has 2 fully saturated rings. The van der Waals surface area contributed by atoms with Crippen LogP contribution in [0.5, 0.6) is 0 Å². The Morgan fingerprint density at radius 1 is 0.909 bits per heavy atom. The van der Waals surface area contributed by atoms with Gasteiger partial charge in [0.2, 0.25) is 0 Å². The van der Waals surface area contributed by atoms with Crippen LogP contribution < -0.4 is 0 Å². The number of ketones is 1. The molecule has 0 saturated heterocycles. The summed E-state index contributed by atoms with van der Waals surface area (Å²) >= 11 is 13.1. The van der Waals surface area contributed by atoms with Crippen molar-refractivity contribution in [2.24, 2.45) is 0 Å². The monoisotopic (exact) mass is 340 g/mol. The lowest BCUT2D eigenvalue weighted by Gasteiger charge is -2.28. The number of aromatic nitrogens is 6. The summed E-state index contributed by atoms with van der Waals surface area (Å²) < 4.78 is 3.07. The summed E-state index contributed by atoms with van der Waals surface area (Å²) in [7, 11) is 0. The zero-order valence-electron chi connectivity index (χ0n) is 11.6. The van der Waals surface area contributed by atoms with Gasteiger partial charge < -0.3 is 0 Å². The van der Waals surface area contributed by atoms with Gasteiger partial charge in [-0.15, -0.1) is 23.2 Å². The van der Waals surface area contributed by atoms with Gasteiger partial charge in [-0.3, -0.25) is 4.79 Å². The first-order chi connectivity index (χ1) is 10.5. The van der Waals surface area contributed by atoms with E-state index in [9.17, 15) is 4.79 Å². The molecule has 116 valence electrons. The summed E-state index contributed by atoms with van der Waals surface area (Å²) in [4.78, 5) is 19.9. The average molecular weight is 341 g/mol. The Labute approximate surface area is 136 Å². The highest BCUT2D eigenvalue weighted by molar-refractivity contribution is 6.30. The molecule has 2 aliphatic rings. The summed E-state index contributed by atoms with van der Waals surface area (Å²) in [6.07, 6.45) is 8.93. The summed E-state index contributed by atoms with van der Waals surface area (Å²) in [6.45, 7) is 0. The second kappa shape index (κ2) is 4.76. The number of carbonyl (C=O) groups excluding carboxylic acids is 1. The van der Waals surface area contributed by atoms with E-state index < -0.39 is 21.8 Å². The van der Waals surface area contributed by atoms with Gasteiger partial charge in [0, 0.05) is 0 Å². The standard InChI is InChI=1S/C13H14Cl2N6O/c14-12(1-2-12)10(20-7-16-5-18-20)9(22)11(13(15)3-4-13)21-8-17-6-19-21/h5-8,10-11H,1-4H2. The minimum absolute atomic E-state index is 0.0870. The summed E-state index contributed by atoms with van der Waals surface area (Å²) in [6, 6.07) is -1.19. The molecule has 2 heterocycles. The van der Waals surface area contributed by atoms with Gasteiger partial charge in [-0.25, -0.2) is 19.3 Å². The van der Waals surface area contributed by atoms with E-state index in [0.29, 0.717) is 0 Å². The fourth-order valence-electron chi connectivity index (χ4n) is 2.88. The molecule has 0 amide bonds. The largest absolute Gasteiger partial charge is 0.295 e. The molecule has 0 bridgehead atoms. The van der Waals surface area contributed by atoms with Crippen LogP contribution in [-0.2, 0) is 4.79 Å². The van der Waals surface area contributed by atoms with Crippen molar-refractivity contribution < 1.29 is 4.79 Å². The molecule has 2 aliphatic carbocycles. The van der Waals surface area contributed by atoms with Crippen molar-refractivity contribution in [2.75, 3.05) is 0 Å². The Kier molecular flexibility index (Phi) is 3.06. The predicted octanol–water partition coefficient (Wildman–Crippen LogP) is 1.76. The van der Waals surface area contributed by atoms with Crippen molar-refractivity contribution in [1.82, 2.24) is 29.5 Å². The van der Waals surface area contributed by atoms with E-state index in [1.807, 2.05) is 0 Å². The zero-order chi connectivity index (χ0) is 15.4. The molecule has 0 aromatic carbocycles. The summed E-state index contributed by atoms with van der Waals surface area (Å²) in [5.74, 6) is -0.0870. The molecule has 0 spiro atoms. The lowest BCUT2D eigenvalue weighted by Crippen LogP contribution is -2.40. The highest BCUT2D eigenvalue weighted by Gasteiger charge is 2.60. The van der Waals surface area contributed by atoms with E-state index >= 15 is 0 Å². The Morgan fingerprint density at radius 2 is 1.32 bits per heavy atom. The molecule has 2 aromatic rings. The van der Waals surface area contributed by atoms with Crippen molar-refractivity contribution in [3.05, 3.63) is 25.3 Å². The minimum Gasteiger partial charge on any atom is -0.295 e. The maximum Gasteiger partial charge on any atom is 0.185 e. The molecule has 7 nitrogen and oxygen atoms in total. The maximum atomic E-state index is 13.3. The van der Waals surface area contributed by atoms with Crippen LogP contribution in [0.1, 0.15) is 37.8 Å². The SMILES string of the molecule is O=C(C(n1cncn1)C1(Cl)CC1)C(n1cncn1)C1(Cl)CC1. The van der Waals surface area contributed by atoms with Crippen molar-refractivity contribution in [3.63, 3.8) is 0 Å². The lowest BCUT2D eigenvalue weighted by molar-refractivity contribution is -0.126. The van der Waals surface area contributed by atoms with Crippen LogP contribution in [0, 0.1) is 0 Å². The van der Waals surface area contributed by atoms with Crippen molar-refractivity contribution in [1.29, 1.82) is 0 Å². The number of halogens is 2. The second-order valence-corrected chi connectivity index (χ2v) is 7.53. The lowest BCUT2D eigenvalue weighted by atomic mass is 9.97. The number of nitrogens with zero attached hydrogens (tertiary/aromatic N) is 6. The van der Waals surface area contributed by atoms with Gasteiger partial charge in [0.15, 0.2) is 5.78 Å². The zero-order valence-corrected chi connectivity index (χ0v) is 13.2. The van der Waals surface area contributed by atoms with Crippen LogP contribution in [0.4, 0.5) is 0 Å². The molecule has 4 rings (SSSR count). The molecule has 2 aromatic heterocycles. The van der Waals surface area contributed by atoms with Crippen molar-refractivity contribution in [2.45, 2.75) is 47.5 Å². The fraction of sp³-hybridized carbons (Fsp3) is 0.615. The topological polar surface area (TPSA) is 78.5 Å². The Bertz CT molecular complexity index is 619. The highest BCUT2D eigenvalue weighted by atomic mass is 35.5. The van der Waals surface area contributed by atoms with E-state index in [-0.39, 0.29) is 5.78 Å². The smallest absolute Gasteiger partial charge is 0.185 e. The van der Waals surface area contributed by atoms with Crippen LogP contribution in [0.3, 0.4) is 0 Å². The third-order valence-electron chi connectivity index (χ3n) is 4.38. The Morgan fingerprint density at radius 3 is 1.59 bits per heavy atom. The van der Waals surface area contributed by atoms with Crippen LogP contribution in [0.2, 0.25) is 0 Å². The molecular formula is C13H14Cl2N6O. The first-order valence-electron chi connectivity index (χ1n) is 7.13. The molecule has 0 N–H and O–H groups in total. The number of alkyl halides is 2. The number of hydrogen-bond donors (Lipinski definition) is 0. The van der Waals surface area contributed by atoms with Crippen LogP contribution in [0.25, 0.3) is 0 Å². The third-order valence-corrected chi connectivity index (χ3v) is 5.55. The Hall–Kier alpha value is -1.47. The van der Waals surface area contributed by atoms with Gasteiger partial charge in [0.25, 0.3) is 0 Å².